The van der Waals surface area contributed by atoms with Crippen molar-refractivity contribution in [3.8, 4) is 5.88 Å². The number of rotatable bonds is 6. The first-order valence-corrected chi connectivity index (χ1v) is 8.19. The molecule has 2 aliphatic heterocycles. The van der Waals surface area contributed by atoms with Gasteiger partial charge in [-0.3, -0.25) is 4.79 Å². The molecule has 3 heterocycles. The number of nitrogens with zero attached hydrogens (tertiary/aromatic N) is 2. The fourth-order valence-corrected chi connectivity index (χ4v) is 3.43. The summed E-state index contributed by atoms with van der Waals surface area (Å²) in [6.07, 6.45) is 5.29. The number of carbonyl (C=O) groups is 1. The van der Waals surface area contributed by atoms with E-state index in [1.807, 2.05) is 30.0 Å². The largest absolute Gasteiger partial charge is 0.478 e. The summed E-state index contributed by atoms with van der Waals surface area (Å²) in [6.45, 7) is 4.98. The molecule has 2 fully saturated rings. The van der Waals surface area contributed by atoms with Gasteiger partial charge < -0.3 is 14.4 Å². The van der Waals surface area contributed by atoms with Crippen molar-refractivity contribution in [1.29, 1.82) is 0 Å². The maximum Gasteiger partial charge on any atom is 0.222 e. The third-order valence-corrected chi connectivity index (χ3v) is 4.69. The van der Waals surface area contributed by atoms with Crippen molar-refractivity contribution in [1.82, 2.24) is 9.88 Å². The monoisotopic (exact) mass is 304 g/mol. The fraction of sp³-hybridized carbons (Fsp3) is 0.647. The molecule has 5 nitrogen and oxygen atoms in total. The van der Waals surface area contributed by atoms with Gasteiger partial charge in [0.1, 0.15) is 5.60 Å². The van der Waals surface area contributed by atoms with Crippen molar-refractivity contribution in [2.75, 3.05) is 26.3 Å². The van der Waals surface area contributed by atoms with E-state index in [-0.39, 0.29) is 11.5 Å². The molecule has 1 atom stereocenters. The maximum atomic E-state index is 11.9. The SMILES string of the molecule is CCCC(=O)N1CC2(C1)OCCC2CCOc1ccccn1. The molecule has 0 bridgehead atoms. The summed E-state index contributed by atoms with van der Waals surface area (Å²) in [7, 11) is 0. The number of amides is 1. The van der Waals surface area contributed by atoms with E-state index >= 15 is 0 Å². The highest BCUT2D eigenvalue weighted by molar-refractivity contribution is 5.77. The highest BCUT2D eigenvalue weighted by Crippen LogP contribution is 2.41. The van der Waals surface area contributed by atoms with Gasteiger partial charge in [0.15, 0.2) is 0 Å². The standard InChI is InChI=1S/C17H24N2O3/c1-2-5-16(20)19-12-17(13-19)14(8-11-22-17)7-10-21-15-6-3-4-9-18-15/h3-4,6,9,14H,2,5,7-8,10-13H2,1H3. The molecule has 0 aliphatic carbocycles. The lowest BCUT2D eigenvalue weighted by molar-refractivity contribution is -0.165. The lowest BCUT2D eigenvalue weighted by atomic mass is 9.79. The summed E-state index contributed by atoms with van der Waals surface area (Å²) in [5, 5.41) is 0. The van der Waals surface area contributed by atoms with Gasteiger partial charge in [0.2, 0.25) is 11.8 Å². The molecule has 2 saturated heterocycles. The van der Waals surface area contributed by atoms with Crippen molar-refractivity contribution >= 4 is 5.91 Å². The quantitative estimate of drug-likeness (QED) is 0.809. The van der Waals surface area contributed by atoms with Gasteiger partial charge in [-0.1, -0.05) is 13.0 Å². The Balaban J connectivity index is 1.47. The molecular formula is C17H24N2O3. The molecule has 1 aromatic heterocycles. The average molecular weight is 304 g/mol. The zero-order valence-electron chi connectivity index (χ0n) is 13.2. The van der Waals surface area contributed by atoms with Crippen molar-refractivity contribution in [2.24, 2.45) is 5.92 Å². The summed E-state index contributed by atoms with van der Waals surface area (Å²) in [4.78, 5) is 18.0. The van der Waals surface area contributed by atoms with Gasteiger partial charge in [-0.2, -0.15) is 0 Å². The second-order valence-electron chi connectivity index (χ2n) is 6.20. The third kappa shape index (κ3) is 3.09. The molecule has 22 heavy (non-hydrogen) atoms. The summed E-state index contributed by atoms with van der Waals surface area (Å²) in [5.74, 6) is 1.40. The number of ether oxygens (including phenoxy) is 2. The Morgan fingerprint density at radius 2 is 2.36 bits per heavy atom. The Morgan fingerprint density at radius 1 is 1.50 bits per heavy atom. The van der Waals surface area contributed by atoms with Gasteiger partial charge in [0.05, 0.1) is 19.7 Å². The van der Waals surface area contributed by atoms with Crippen LogP contribution in [0.2, 0.25) is 0 Å². The molecule has 120 valence electrons. The molecular weight excluding hydrogens is 280 g/mol. The van der Waals surface area contributed by atoms with E-state index in [0.717, 1.165) is 39.0 Å². The average Bonchev–Trinajstić information content (AvgIpc) is 2.91. The molecule has 1 aromatic rings. The molecule has 0 aromatic carbocycles. The van der Waals surface area contributed by atoms with Gasteiger partial charge in [0.25, 0.3) is 0 Å². The van der Waals surface area contributed by atoms with Gasteiger partial charge >= 0.3 is 0 Å². The summed E-state index contributed by atoms with van der Waals surface area (Å²) in [6, 6.07) is 5.67. The van der Waals surface area contributed by atoms with Crippen LogP contribution in [0.1, 0.15) is 32.6 Å². The van der Waals surface area contributed by atoms with Crippen LogP contribution in [0, 0.1) is 5.92 Å². The number of aromatic nitrogens is 1. The van der Waals surface area contributed by atoms with Crippen LogP contribution in [0.3, 0.4) is 0 Å². The zero-order valence-corrected chi connectivity index (χ0v) is 13.2. The topological polar surface area (TPSA) is 51.7 Å². The molecule has 0 saturated carbocycles. The Morgan fingerprint density at radius 3 is 3.09 bits per heavy atom. The first-order chi connectivity index (χ1) is 10.7. The van der Waals surface area contributed by atoms with Gasteiger partial charge in [-0.05, 0) is 31.2 Å². The molecule has 2 aliphatic rings. The normalized spacial score (nSPS) is 22.6. The number of hydrogen-bond donors (Lipinski definition) is 0. The predicted molar refractivity (Wildman–Crippen MR) is 82.6 cm³/mol. The summed E-state index contributed by atoms with van der Waals surface area (Å²) < 4.78 is 11.7. The van der Waals surface area contributed by atoms with E-state index in [0.29, 0.717) is 24.8 Å². The van der Waals surface area contributed by atoms with Crippen LogP contribution in [0.25, 0.3) is 0 Å². The van der Waals surface area contributed by atoms with Crippen LogP contribution in [0.15, 0.2) is 24.4 Å². The first kappa shape index (κ1) is 15.3. The van der Waals surface area contributed by atoms with Crippen molar-refractivity contribution in [3.05, 3.63) is 24.4 Å². The van der Waals surface area contributed by atoms with E-state index in [9.17, 15) is 4.79 Å². The smallest absolute Gasteiger partial charge is 0.222 e. The summed E-state index contributed by atoms with van der Waals surface area (Å²) in [5.41, 5.74) is -0.114. The Hall–Kier alpha value is -1.62. The molecule has 1 spiro atoms. The first-order valence-electron chi connectivity index (χ1n) is 8.19. The highest BCUT2D eigenvalue weighted by Gasteiger charge is 2.53. The van der Waals surface area contributed by atoms with Crippen molar-refractivity contribution in [2.45, 2.75) is 38.2 Å². The zero-order chi connectivity index (χ0) is 15.4. The predicted octanol–water partition coefficient (Wildman–Crippen LogP) is 2.27. The minimum absolute atomic E-state index is 0.114. The minimum atomic E-state index is -0.114. The number of likely N-dealkylation sites (tertiary alicyclic amines) is 1. The van der Waals surface area contributed by atoms with Crippen LogP contribution >= 0.6 is 0 Å². The third-order valence-electron chi connectivity index (χ3n) is 4.69. The second-order valence-corrected chi connectivity index (χ2v) is 6.20. The number of hydrogen-bond acceptors (Lipinski definition) is 4. The van der Waals surface area contributed by atoms with E-state index < -0.39 is 0 Å². The van der Waals surface area contributed by atoms with Gasteiger partial charge in [-0.25, -0.2) is 4.98 Å². The van der Waals surface area contributed by atoms with E-state index in [4.69, 9.17) is 9.47 Å². The molecule has 1 amide bonds. The molecule has 0 N–H and O–H groups in total. The van der Waals surface area contributed by atoms with Crippen LogP contribution in [-0.2, 0) is 9.53 Å². The van der Waals surface area contributed by atoms with Crippen LogP contribution in [-0.4, -0.2) is 47.7 Å². The van der Waals surface area contributed by atoms with Crippen LogP contribution in [0.4, 0.5) is 0 Å². The Labute approximate surface area is 131 Å². The van der Waals surface area contributed by atoms with Gasteiger partial charge in [0, 0.05) is 25.3 Å². The van der Waals surface area contributed by atoms with E-state index in [1.54, 1.807) is 6.20 Å². The molecule has 5 heteroatoms. The molecule has 3 rings (SSSR count). The number of carbonyl (C=O) groups excluding carboxylic acids is 1. The fourth-order valence-electron chi connectivity index (χ4n) is 3.43. The molecule has 0 radical (unpaired) electrons. The maximum absolute atomic E-state index is 11.9. The Kier molecular flexibility index (Phi) is 4.62. The van der Waals surface area contributed by atoms with E-state index in [2.05, 4.69) is 4.98 Å². The van der Waals surface area contributed by atoms with Crippen molar-refractivity contribution < 1.29 is 14.3 Å². The Bertz CT molecular complexity index is 500. The van der Waals surface area contributed by atoms with E-state index in [1.165, 1.54) is 0 Å². The lowest BCUT2D eigenvalue weighted by Crippen LogP contribution is -2.66. The van der Waals surface area contributed by atoms with Crippen molar-refractivity contribution in [3.63, 3.8) is 0 Å². The lowest BCUT2D eigenvalue weighted by Gasteiger charge is -2.50. The number of pyridine rings is 1. The van der Waals surface area contributed by atoms with Crippen LogP contribution in [0.5, 0.6) is 5.88 Å². The summed E-state index contributed by atoms with van der Waals surface area (Å²) >= 11 is 0. The minimum Gasteiger partial charge on any atom is -0.478 e. The van der Waals surface area contributed by atoms with Crippen LogP contribution < -0.4 is 4.74 Å². The highest BCUT2D eigenvalue weighted by atomic mass is 16.5. The van der Waals surface area contributed by atoms with Gasteiger partial charge in [-0.15, -0.1) is 0 Å². The molecule has 1 unspecified atom stereocenters. The second kappa shape index (κ2) is 6.65.